The SMILES string of the molecule is CC(=O)O[C@@H](C#N)C[C@]1(OCc2ccccc2)CCCCC1=N[C@H](C)c1ccccc1. The molecule has 5 nitrogen and oxygen atoms in total. The summed E-state index contributed by atoms with van der Waals surface area (Å²) in [5.74, 6) is -0.461. The summed E-state index contributed by atoms with van der Waals surface area (Å²) in [6.45, 7) is 3.82. The summed E-state index contributed by atoms with van der Waals surface area (Å²) in [7, 11) is 0. The number of carbonyl (C=O) groups excluding carboxylic acids is 1. The van der Waals surface area contributed by atoms with Crippen LogP contribution in [0.5, 0.6) is 0 Å². The highest BCUT2D eigenvalue weighted by atomic mass is 16.5. The third-order valence-corrected chi connectivity index (χ3v) is 5.73. The van der Waals surface area contributed by atoms with E-state index in [-0.39, 0.29) is 12.5 Å². The fourth-order valence-electron chi connectivity index (χ4n) is 4.14. The molecule has 1 saturated carbocycles. The van der Waals surface area contributed by atoms with E-state index in [0.29, 0.717) is 6.61 Å². The van der Waals surface area contributed by atoms with Crippen molar-refractivity contribution in [2.24, 2.45) is 4.99 Å². The summed E-state index contributed by atoms with van der Waals surface area (Å²) < 4.78 is 11.8. The van der Waals surface area contributed by atoms with Crippen molar-refractivity contribution in [1.29, 1.82) is 5.26 Å². The van der Waals surface area contributed by atoms with Crippen molar-refractivity contribution in [3.05, 3.63) is 71.8 Å². The van der Waals surface area contributed by atoms with Crippen LogP contribution in [-0.4, -0.2) is 23.4 Å². The van der Waals surface area contributed by atoms with Gasteiger partial charge in [0.05, 0.1) is 12.6 Å². The summed E-state index contributed by atoms with van der Waals surface area (Å²) in [4.78, 5) is 16.6. The van der Waals surface area contributed by atoms with E-state index >= 15 is 0 Å². The zero-order valence-electron chi connectivity index (χ0n) is 18.3. The number of nitrogens with zero attached hydrogens (tertiary/aromatic N) is 2. The van der Waals surface area contributed by atoms with Crippen molar-refractivity contribution in [2.75, 3.05) is 0 Å². The quantitative estimate of drug-likeness (QED) is 0.526. The fraction of sp³-hybridized carbons (Fsp3) is 0.423. The fourth-order valence-corrected chi connectivity index (χ4v) is 4.14. The predicted molar refractivity (Wildman–Crippen MR) is 121 cm³/mol. The third-order valence-electron chi connectivity index (χ3n) is 5.73. The molecule has 1 aliphatic rings. The van der Waals surface area contributed by atoms with Crippen LogP contribution < -0.4 is 0 Å². The van der Waals surface area contributed by atoms with Crippen LogP contribution in [0.25, 0.3) is 0 Å². The van der Waals surface area contributed by atoms with Gasteiger partial charge in [-0.3, -0.25) is 9.79 Å². The summed E-state index contributed by atoms with van der Waals surface area (Å²) in [5.41, 5.74) is 2.42. The predicted octanol–water partition coefficient (Wildman–Crippen LogP) is 5.56. The smallest absolute Gasteiger partial charge is 0.303 e. The summed E-state index contributed by atoms with van der Waals surface area (Å²) in [5, 5.41) is 9.63. The van der Waals surface area contributed by atoms with Crippen LogP contribution in [0.2, 0.25) is 0 Å². The lowest BCUT2D eigenvalue weighted by molar-refractivity contribution is -0.146. The molecule has 162 valence electrons. The molecule has 0 saturated heterocycles. The summed E-state index contributed by atoms with van der Waals surface area (Å²) >= 11 is 0. The third kappa shape index (κ3) is 6.26. The normalized spacial score (nSPS) is 21.8. The molecule has 0 unspecified atom stereocenters. The van der Waals surface area contributed by atoms with Crippen LogP contribution in [0, 0.1) is 11.3 Å². The van der Waals surface area contributed by atoms with Gasteiger partial charge in [-0.05, 0) is 43.7 Å². The second kappa shape index (κ2) is 10.9. The minimum atomic E-state index is -0.872. The maximum atomic E-state index is 11.5. The van der Waals surface area contributed by atoms with Crippen molar-refractivity contribution in [1.82, 2.24) is 0 Å². The molecule has 0 amide bonds. The molecule has 0 radical (unpaired) electrons. The Morgan fingerprint density at radius 2 is 1.81 bits per heavy atom. The molecular weight excluding hydrogens is 388 g/mol. The Bertz CT molecular complexity index is 921. The van der Waals surface area contributed by atoms with Crippen LogP contribution in [-0.2, 0) is 20.9 Å². The van der Waals surface area contributed by atoms with Crippen LogP contribution >= 0.6 is 0 Å². The average Bonchev–Trinajstić information content (AvgIpc) is 2.79. The maximum Gasteiger partial charge on any atom is 0.303 e. The number of carbonyl (C=O) groups is 1. The van der Waals surface area contributed by atoms with Gasteiger partial charge in [-0.1, -0.05) is 60.7 Å². The van der Waals surface area contributed by atoms with Gasteiger partial charge >= 0.3 is 5.97 Å². The Balaban J connectivity index is 1.93. The summed E-state index contributed by atoms with van der Waals surface area (Å²) in [6, 6.07) is 22.2. The number of rotatable bonds is 8. The van der Waals surface area contributed by atoms with E-state index in [1.165, 1.54) is 6.92 Å². The van der Waals surface area contributed by atoms with Crippen molar-refractivity contribution >= 4 is 11.7 Å². The van der Waals surface area contributed by atoms with Crippen molar-refractivity contribution in [3.8, 4) is 6.07 Å². The standard InChI is InChI=1S/C26H30N2O3/c1-20(23-13-7-4-8-14-23)28-25-15-9-10-16-26(25,17-24(18-27)31-21(2)29)30-19-22-11-5-3-6-12-22/h3-8,11-14,20,24H,9-10,15-17,19H2,1-2H3/t20-,24-,26-/m1/s1. The van der Waals surface area contributed by atoms with Gasteiger partial charge in [0.1, 0.15) is 11.7 Å². The lowest BCUT2D eigenvalue weighted by Gasteiger charge is -2.40. The van der Waals surface area contributed by atoms with Gasteiger partial charge in [0.2, 0.25) is 0 Å². The van der Waals surface area contributed by atoms with E-state index in [1.807, 2.05) is 48.5 Å². The van der Waals surface area contributed by atoms with Crippen molar-refractivity contribution in [2.45, 2.75) is 70.3 Å². The lowest BCUT2D eigenvalue weighted by atomic mass is 9.78. The molecule has 5 heteroatoms. The molecule has 2 aromatic rings. The molecule has 0 spiro atoms. The average molecular weight is 419 g/mol. The molecule has 31 heavy (non-hydrogen) atoms. The van der Waals surface area contributed by atoms with E-state index in [0.717, 1.165) is 42.5 Å². The Labute approximate surface area is 184 Å². The number of benzene rings is 2. The Kier molecular flexibility index (Phi) is 7.97. The van der Waals surface area contributed by atoms with Gasteiger partial charge in [0.15, 0.2) is 6.10 Å². The molecule has 2 aromatic carbocycles. The number of hydrogen-bond acceptors (Lipinski definition) is 5. The highest BCUT2D eigenvalue weighted by Crippen LogP contribution is 2.37. The maximum absolute atomic E-state index is 11.5. The number of nitriles is 1. The second-order valence-corrected chi connectivity index (χ2v) is 8.07. The van der Waals surface area contributed by atoms with E-state index < -0.39 is 17.7 Å². The largest absolute Gasteiger partial charge is 0.447 e. The van der Waals surface area contributed by atoms with Crippen LogP contribution in [0.15, 0.2) is 65.7 Å². The minimum Gasteiger partial charge on any atom is -0.447 e. The lowest BCUT2D eigenvalue weighted by Crippen LogP contribution is -2.47. The van der Waals surface area contributed by atoms with Crippen LogP contribution in [0.4, 0.5) is 0 Å². The highest BCUT2D eigenvalue weighted by molar-refractivity contribution is 5.93. The second-order valence-electron chi connectivity index (χ2n) is 8.07. The van der Waals surface area contributed by atoms with Gasteiger partial charge in [-0.25, -0.2) is 0 Å². The molecule has 0 bridgehead atoms. The minimum absolute atomic E-state index is 0.0248. The number of aliphatic imine (C=N–C) groups is 1. The monoisotopic (exact) mass is 418 g/mol. The Morgan fingerprint density at radius 1 is 1.13 bits per heavy atom. The molecule has 0 aliphatic heterocycles. The number of hydrogen-bond donors (Lipinski definition) is 0. The van der Waals surface area contributed by atoms with E-state index in [9.17, 15) is 10.1 Å². The van der Waals surface area contributed by atoms with Crippen molar-refractivity contribution in [3.63, 3.8) is 0 Å². The summed E-state index contributed by atoms with van der Waals surface area (Å²) in [6.07, 6.45) is 2.98. The first-order chi connectivity index (χ1) is 15.0. The van der Waals surface area contributed by atoms with E-state index in [2.05, 4.69) is 25.1 Å². The molecule has 1 fully saturated rings. The Morgan fingerprint density at radius 3 is 2.45 bits per heavy atom. The first kappa shape index (κ1) is 22.7. The first-order valence-corrected chi connectivity index (χ1v) is 10.9. The number of ether oxygens (including phenoxy) is 2. The van der Waals surface area contributed by atoms with Crippen molar-refractivity contribution < 1.29 is 14.3 Å². The van der Waals surface area contributed by atoms with Crippen LogP contribution in [0.1, 0.15) is 63.1 Å². The molecule has 3 atom stereocenters. The Hall–Kier alpha value is -2.97. The zero-order chi connectivity index (χ0) is 22.1. The first-order valence-electron chi connectivity index (χ1n) is 10.9. The van der Waals surface area contributed by atoms with E-state index in [4.69, 9.17) is 14.5 Å². The zero-order valence-corrected chi connectivity index (χ0v) is 18.3. The van der Waals surface area contributed by atoms with Gasteiger partial charge < -0.3 is 9.47 Å². The topological polar surface area (TPSA) is 71.7 Å². The molecular formula is C26H30N2O3. The molecule has 0 N–H and O–H groups in total. The van der Waals surface area contributed by atoms with Gasteiger partial charge in [-0.2, -0.15) is 5.26 Å². The van der Waals surface area contributed by atoms with Gasteiger partial charge in [0.25, 0.3) is 0 Å². The molecule has 3 rings (SSSR count). The van der Waals surface area contributed by atoms with Crippen LogP contribution in [0.3, 0.4) is 0 Å². The van der Waals surface area contributed by atoms with Gasteiger partial charge in [0, 0.05) is 19.1 Å². The van der Waals surface area contributed by atoms with E-state index in [1.54, 1.807) is 0 Å². The molecule has 0 aromatic heterocycles. The highest BCUT2D eigenvalue weighted by Gasteiger charge is 2.42. The van der Waals surface area contributed by atoms with Gasteiger partial charge in [-0.15, -0.1) is 0 Å². The number of esters is 1. The molecule has 1 aliphatic carbocycles. The molecule has 0 heterocycles.